The number of nitrogens with one attached hydrogen (secondary N) is 1. The van der Waals surface area contributed by atoms with E-state index in [-0.39, 0.29) is 5.41 Å². The van der Waals surface area contributed by atoms with Gasteiger partial charge in [0.1, 0.15) is 5.75 Å². The second-order valence-corrected chi connectivity index (χ2v) is 6.62. The molecule has 1 unspecified atom stereocenters. The fourth-order valence-electron chi connectivity index (χ4n) is 3.93. The third-order valence-corrected chi connectivity index (χ3v) is 5.18. The number of rotatable bonds is 5. The van der Waals surface area contributed by atoms with Crippen LogP contribution in [-0.2, 0) is 11.8 Å². The summed E-state index contributed by atoms with van der Waals surface area (Å²) in [6.45, 7) is 5.11. The molecule has 1 aliphatic rings. The van der Waals surface area contributed by atoms with Gasteiger partial charge in [0.25, 0.3) is 0 Å². The molecule has 0 fully saturated rings. The minimum atomic E-state index is -0.343. The number of nitriles is 1. The average molecular weight is 345 g/mol. The third-order valence-electron chi connectivity index (χ3n) is 5.18. The Hall–Kier alpha value is -3.06. The van der Waals surface area contributed by atoms with Crippen LogP contribution in [0, 0.1) is 16.7 Å². The first-order chi connectivity index (χ1) is 12.6. The quantitative estimate of drug-likeness (QED) is 0.815. The SMILES string of the molecule is CCN1/C(=C\C=N)C(C)(Cc2ccccc2C#N)c2cc(OC)ccc21. The minimum Gasteiger partial charge on any atom is -0.497 e. The Bertz CT molecular complexity index is 910. The van der Waals surface area contributed by atoms with E-state index < -0.39 is 0 Å². The fourth-order valence-corrected chi connectivity index (χ4v) is 3.93. The second-order valence-electron chi connectivity index (χ2n) is 6.62. The largest absolute Gasteiger partial charge is 0.497 e. The molecule has 132 valence electrons. The molecule has 0 aromatic heterocycles. The molecule has 0 spiro atoms. The van der Waals surface area contributed by atoms with Gasteiger partial charge in [-0.2, -0.15) is 5.26 Å². The molecular weight excluding hydrogens is 322 g/mol. The number of nitrogens with zero attached hydrogens (tertiary/aromatic N) is 2. The van der Waals surface area contributed by atoms with Crippen molar-refractivity contribution in [3.05, 3.63) is 70.9 Å². The van der Waals surface area contributed by atoms with Crippen molar-refractivity contribution in [1.29, 1.82) is 10.7 Å². The normalized spacial score (nSPS) is 19.9. The molecule has 0 saturated heterocycles. The number of fused-ring (bicyclic) bond motifs is 1. The molecule has 4 heteroatoms. The van der Waals surface area contributed by atoms with Gasteiger partial charge in [0.15, 0.2) is 0 Å². The van der Waals surface area contributed by atoms with Crippen LogP contribution >= 0.6 is 0 Å². The van der Waals surface area contributed by atoms with Gasteiger partial charge in [-0.05, 0) is 61.7 Å². The average Bonchev–Trinajstić information content (AvgIpc) is 2.90. The van der Waals surface area contributed by atoms with Crippen LogP contribution in [-0.4, -0.2) is 19.9 Å². The molecule has 1 atom stereocenters. The Morgan fingerprint density at radius 3 is 2.69 bits per heavy atom. The van der Waals surface area contributed by atoms with Crippen LogP contribution < -0.4 is 9.64 Å². The summed E-state index contributed by atoms with van der Waals surface area (Å²) in [5, 5.41) is 17.1. The summed E-state index contributed by atoms with van der Waals surface area (Å²) in [4.78, 5) is 2.24. The molecule has 2 aromatic rings. The smallest absolute Gasteiger partial charge is 0.119 e. The number of anilines is 1. The van der Waals surface area contributed by atoms with Crippen LogP contribution in [0.25, 0.3) is 0 Å². The lowest BCUT2D eigenvalue weighted by molar-refractivity contribution is 0.413. The summed E-state index contributed by atoms with van der Waals surface area (Å²) in [6, 6.07) is 16.2. The summed E-state index contributed by atoms with van der Waals surface area (Å²) in [7, 11) is 1.67. The van der Waals surface area contributed by atoms with E-state index in [2.05, 4.69) is 36.9 Å². The fraction of sp³-hybridized carbons (Fsp3) is 0.273. The molecule has 0 amide bonds. The highest BCUT2D eigenvalue weighted by molar-refractivity contribution is 5.79. The molecule has 4 nitrogen and oxygen atoms in total. The summed E-state index contributed by atoms with van der Waals surface area (Å²) < 4.78 is 5.46. The first kappa shape index (κ1) is 17.8. The van der Waals surface area contributed by atoms with Gasteiger partial charge in [0.2, 0.25) is 0 Å². The lowest BCUT2D eigenvalue weighted by atomic mass is 9.75. The number of benzene rings is 2. The molecule has 0 saturated carbocycles. The van der Waals surface area contributed by atoms with Crippen molar-refractivity contribution in [3.63, 3.8) is 0 Å². The van der Waals surface area contributed by atoms with Crippen molar-refractivity contribution in [2.75, 3.05) is 18.6 Å². The molecular formula is C22H23N3O. The van der Waals surface area contributed by atoms with Crippen LogP contribution in [0.3, 0.4) is 0 Å². The van der Waals surface area contributed by atoms with Crippen LogP contribution in [0.5, 0.6) is 5.75 Å². The van der Waals surface area contributed by atoms with Crippen molar-refractivity contribution in [2.24, 2.45) is 0 Å². The number of allylic oxidation sites excluding steroid dienone is 2. The van der Waals surface area contributed by atoms with Gasteiger partial charge in [-0.3, -0.25) is 0 Å². The standard InChI is InChI=1S/C22H23N3O/c1-4-25-20-10-9-18(26-3)13-19(20)22(2,21(25)11-12-23)14-16-7-5-6-8-17(16)15-24/h5-13,23H,4,14H2,1-3H3/b21-11-,23-12?. The maximum atomic E-state index is 9.49. The number of ether oxygens (including phenoxy) is 1. The maximum Gasteiger partial charge on any atom is 0.119 e. The van der Waals surface area contributed by atoms with Crippen molar-refractivity contribution in [2.45, 2.75) is 25.7 Å². The first-order valence-electron chi connectivity index (χ1n) is 8.74. The van der Waals surface area contributed by atoms with Crippen LogP contribution in [0.2, 0.25) is 0 Å². The van der Waals surface area contributed by atoms with Gasteiger partial charge in [-0.1, -0.05) is 18.2 Å². The summed E-state index contributed by atoms with van der Waals surface area (Å²) in [6.07, 6.45) is 3.90. The summed E-state index contributed by atoms with van der Waals surface area (Å²) >= 11 is 0. The minimum absolute atomic E-state index is 0.343. The van der Waals surface area contributed by atoms with E-state index in [4.69, 9.17) is 10.1 Å². The first-order valence-corrected chi connectivity index (χ1v) is 8.74. The Balaban J connectivity index is 2.21. The topological polar surface area (TPSA) is 60.1 Å². The Morgan fingerprint density at radius 1 is 1.27 bits per heavy atom. The highest BCUT2D eigenvalue weighted by Crippen LogP contribution is 2.50. The maximum absolute atomic E-state index is 9.49. The molecule has 0 bridgehead atoms. The Labute approximate surface area is 154 Å². The Morgan fingerprint density at radius 2 is 2.04 bits per heavy atom. The van der Waals surface area contributed by atoms with E-state index in [0.29, 0.717) is 12.0 Å². The van der Waals surface area contributed by atoms with E-state index >= 15 is 0 Å². The molecule has 0 radical (unpaired) electrons. The summed E-state index contributed by atoms with van der Waals surface area (Å²) in [5.74, 6) is 0.815. The van der Waals surface area contributed by atoms with E-state index in [1.54, 1.807) is 7.11 Å². The summed E-state index contributed by atoms with van der Waals surface area (Å²) in [5.41, 5.74) is 4.75. The Kier molecular flexibility index (Phi) is 4.81. The number of hydrogen-bond donors (Lipinski definition) is 1. The predicted molar refractivity (Wildman–Crippen MR) is 105 cm³/mol. The lowest BCUT2D eigenvalue weighted by Gasteiger charge is -2.30. The molecule has 26 heavy (non-hydrogen) atoms. The third kappa shape index (κ3) is 2.76. The van der Waals surface area contributed by atoms with E-state index in [9.17, 15) is 5.26 Å². The molecule has 1 heterocycles. The van der Waals surface area contributed by atoms with Crippen molar-refractivity contribution >= 4 is 11.9 Å². The van der Waals surface area contributed by atoms with E-state index in [1.165, 1.54) is 11.8 Å². The van der Waals surface area contributed by atoms with Crippen LogP contribution in [0.1, 0.15) is 30.5 Å². The van der Waals surface area contributed by atoms with Crippen molar-refractivity contribution < 1.29 is 4.74 Å². The van der Waals surface area contributed by atoms with E-state index in [0.717, 1.165) is 29.2 Å². The zero-order valence-corrected chi connectivity index (χ0v) is 15.4. The molecule has 3 rings (SSSR count). The molecule has 2 aromatic carbocycles. The monoisotopic (exact) mass is 345 g/mol. The van der Waals surface area contributed by atoms with Gasteiger partial charge >= 0.3 is 0 Å². The van der Waals surface area contributed by atoms with Crippen LogP contribution in [0.4, 0.5) is 5.69 Å². The van der Waals surface area contributed by atoms with Gasteiger partial charge in [-0.25, -0.2) is 0 Å². The van der Waals surface area contributed by atoms with E-state index in [1.807, 2.05) is 36.4 Å². The molecule has 1 aliphatic heterocycles. The zero-order chi connectivity index (χ0) is 18.7. The highest BCUT2D eigenvalue weighted by atomic mass is 16.5. The highest BCUT2D eigenvalue weighted by Gasteiger charge is 2.43. The van der Waals surface area contributed by atoms with Crippen LogP contribution in [0.15, 0.2) is 54.2 Å². The lowest BCUT2D eigenvalue weighted by Crippen LogP contribution is -2.31. The molecule has 1 N–H and O–H groups in total. The zero-order valence-electron chi connectivity index (χ0n) is 15.4. The predicted octanol–water partition coefficient (Wildman–Crippen LogP) is 4.44. The van der Waals surface area contributed by atoms with Gasteiger partial charge in [0, 0.05) is 29.6 Å². The van der Waals surface area contributed by atoms with Crippen molar-refractivity contribution in [1.82, 2.24) is 0 Å². The van der Waals surface area contributed by atoms with Gasteiger partial charge < -0.3 is 15.0 Å². The van der Waals surface area contributed by atoms with Gasteiger partial charge in [-0.15, -0.1) is 0 Å². The number of likely N-dealkylation sites (N-methyl/N-ethyl adjacent to an activating group) is 1. The van der Waals surface area contributed by atoms with Gasteiger partial charge in [0.05, 0.1) is 18.7 Å². The van der Waals surface area contributed by atoms with Crippen molar-refractivity contribution in [3.8, 4) is 11.8 Å². The number of hydrogen-bond acceptors (Lipinski definition) is 4. The number of methoxy groups -OCH3 is 1. The molecule has 0 aliphatic carbocycles. The second kappa shape index (κ2) is 7.05.